The van der Waals surface area contributed by atoms with Gasteiger partial charge in [-0.25, -0.2) is 9.50 Å². The fourth-order valence-corrected chi connectivity index (χ4v) is 5.25. The number of carbonyl (C=O) groups is 2. The van der Waals surface area contributed by atoms with Crippen molar-refractivity contribution in [3.05, 3.63) is 69.4 Å². The smallest absolute Gasteiger partial charge is 0.319 e. The molecule has 1 amide bonds. The number of pyridine rings is 1. The average Bonchev–Trinajstić information content (AvgIpc) is 3.61. The molecule has 42 heavy (non-hydrogen) atoms. The average molecular weight is 594 g/mol. The molecule has 3 aromatic heterocycles. The van der Waals surface area contributed by atoms with Gasteiger partial charge in [-0.15, -0.1) is 0 Å². The summed E-state index contributed by atoms with van der Waals surface area (Å²) in [6.45, 7) is 1.41. The Morgan fingerprint density at radius 3 is 2.69 bits per heavy atom. The molecule has 4 aromatic rings. The van der Waals surface area contributed by atoms with Crippen LogP contribution < -0.4 is 26.2 Å². The van der Waals surface area contributed by atoms with Crippen LogP contribution in [-0.4, -0.2) is 64.4 Å². The third-order valence-corrected chi connectivity index (χ3v) is 7.63. The summed E-state index contributed by atoms with van der Waals surface area (Å²) in [7, 11) is 4.52. The van der Waals surface area contributed by atoms with Gasteiger partial charge in [0.15, 0.2) is 0 Å². The molecule has 0 saturated carbocycles. The molecule has 0 spiro atoms. The minimum absolute atomic E-state index is 0.000157. The molecule has 0 bridgehead atoms. The van der Waals surface area contributed by atoms with Gasteiger partial charge in [0.25, 0.3) is 5.56 Å². The molecule has 0 radical (unpaired) electrons. The Bertz CT molecular complexity index is 1700. The van der Waals surface area contributed by atoms with Gasteiger partial charge >= 0.3 is 5.97 Å². The molecule has 1 atom stereocenters. The monoisotopic (exact) mass is 593 g/mol. The highest BCUT2D eigenvalue weighted by Gasteiger charge is 2.21. The number of hydrogen-bond donors (Lipinski definition) is 3. The summed E-state index contributed by atoms with van der Waals surface area (Å²) in [6.07, 6.45) is 3.14. The van der Waals surface area contributed by atoms with Crippen LogP contribution in [-0.2, 0) is 34.5 Å². The van der Waals surface area contributed by atoms with E-state index < -0.39 is 5.97 Å². The second-order valence-corrected chi connectivity index (χ2v) is 10.4. The summed E-state index contributed by atoms with van der Waals surface area (Å²) in [5.74, 6) is 0.615. The van der Waals surface area contributed by atoms with E-state index in [4.69, 9.17) is 21.3 Å². The minimum atomic E-state index is -0.409. The van der Waals surface area contributed by atoms with E-state index in [1.807, 2.05) is 30.3 Å². The first-order chi connectivity index (χ1) is 20.3. The lowest BCUT2D eigenvalue weighted by Gasteiger charge is -2.14. The zero-order chi connectivity index (χ0) is 29.8. The van der Waals surface area contributed by atoms with Crippen molar-refractivity contribution in [2.75, 3.05) is 27.3 Å². The molecule has 1 aliphatic heterocycles. The van der Waals surface area contributed by atoms with Crippen LogP contribution in [0.5, 0.6) is 5.88 Å². The van der Waals surface area contributed by atoms with Crippen molar-refractivity contribution in [2.24, 2.45) is 7.05 Å². The molecule has 1 fully saturated rings. The van der Waals surface area contributed by atoms with Crippen molar-refractivity contribution < 1.29 is 19.1 Å². The van der Waals surface area contributed by atoms with E-state index in [2.05, 4.69) is 25.8 Å². The Hall–Kier alpha value is -4.26. The predicted octanol–water partition coefficient (Wildman–Crippen LogP) is 2.05. The zero-order valence-electron chi connectivity index (χ0n) is 23.6. The van der Waals surface area contributed by atoms with E-state index in [1.54, 1.807) is 26.4 Å². The normalized spacial score (nSPS) is 14.8. The number of benzene rings is 1. The molecule has 13 heteroatoms. The van der Waals surface area contributed by atoms with Crippen LogP contribution in [0, 0.1) is 0 Å². The number of amides is 1. The Balaban J connectivity index is 1.38. The van der Waals surface area contributed by atoms with Gasteiger partial charge in [0, 0.05) is 61.1 Å². The van der Waals surface area contributed by atoms with Crippen LogP contribution in [0.3, 0.4) is 0 Å². The van der Waals surface area contributed by atoms with E-state index in [0.29, 0.717) is 53.0 Å². The van der Waals surface area contributed by atoms with Crippen LogP contribution in [0.25, 0.3) is 27.9 Å². The molecule has 1 aromatic carbocycles. The number of fused-ring (bicyclic) bond motifs is 1. The number of nitrogens with one attached hydrogen (secondary N) is 3. The van der Waals surface area contributed by atoms with Crippen LogP contribution in [0.4, 0.5) is 0 Å². The van der Waals surface area contributed by atoms with Gasteiger partial charge in [-0.1, -0.05) is 35.9 Å². The Morgan fingerprint density at radius 2 is 1.95 bits per heavy atom. The zero-order valence-corrected chi connectivity index (χ0v) is 24.3. The number of methoxy groups -OCH3 is 2. The van der Waals surface area contributed by atoms with Crippen molar-refractivity contribution in [1.82, 2.24) is 35.1 Å². The van der Waals surface area contributed by atoms with Crippen molar-refractivity contribution in [2.45, 2.75) is 32.0 Å². The molecule has 0 unspecified atom stereocenters. The van der Waals surface area contributed by atoms with Crippen molar-refractivity contribution in [1.29, 1.82) is 0 Å². The van der Waals surface area contributed by atoms with E-state index in [0.717, 1.165) is 23.1 Å². The van der Waals surface area contributed by atoms with E-state index in [-0.39, 0.29) is 30.6 Å². The number of halogens is 1. The highest BCUT2D eigenvalue weighted by atomic mass is 35.5. The fourth-order valence-electron chi connectivity index (χ4n) is 4.92. The third-order valence-electron chi connectivity index (χ3n) is 7.22. The molecule has 1 saturated heterocycles. The van der Waals surface area contributed by atoms with E-state index in [1.165, 1.54) is 16.2 Å². The molecular formula is C29H32ClN7O5. The molecule has 4 heterocycles. The van der Waals surface area contributed by atoms with Gasteiger partial charge in [-0.05, 0) is 18.6 Å². The van der Waals surface area contributed by atoms with E-state index >= 15 is 0 Å². The van der Waals surface area contributed by atoms with Gasteiger partial charge in [-0.2, -0.15) is 5.10 Å². The lowest BCUT2D eigenvalue weighted by molar-refractivity contribution is -0.139. The summed E-state index contributed by atoms with van der Waals surface area (Å²) >= 11 is 6.93. The second kappa shape index (κ2) is 12.7. The van der Waals surface area contributed by atoms with Gasteiger partial charge in [0.1, 0.15) is 11.3 Å². The predicted molar refractivity (Wildman–Crippen MR) is 157 cm³/mol. The van der Waals surface area contributed by atoms with Gasteiger partial charge in [-0.3, -0.25) is 24.3 Å². The maximum Gasteiger partial charge on any atom is 0.319 e. The first kappa shape index (κ1) is 29.2. The SMILES string of the molecule is COC(=O)CNCc1nn2cc(-c3cccc(-c4ccc(CNC[C@@H]5CCC(=O)N5)c(OC)n4)c3Cl)cc2c(=O)n1C. The van der Waals surface area contributed by atoms with Gasteiger partial charge in [0.05, 0.1) is 38.0 Å². The molecule has 3 N–H and O–H groups in total. The summed E-state index contributed by atoms with van der Waals surface area (Å²) in [4.78, 5) is 40.7. The molecule has 12 nitrogen and oxygen atoms in total. The van der Waals surface area contributed by atoms with Crippen molar-refractivity contribution in [3.8, 4) is 28.3 Å². The van der Waals surface area contributed by atoms with Crippen LogP contribution >= 0.6 is 11.6 Å². The maximum absolute atomic E-state index is 13.1. The maximum atomic E-state index is 13.1. The largest absolute Gasteiger partial charge is 0.481 e. The molecule has 1 aliphatic rings. The first-order valence-corrected chi connectivity index (χ1v) is 13.9. The summed E-state index contributed by atoms with van der Waals surface area (Å²) < 4.78 is 13.2. The molecule has 5 rings (SSSR count). The van der Waals surface area contributed by atoms with Crippen LogP contribution in [0.1, 0.15) is 24.2 Å². The van der Waals surface area contributed by atoms with E-state index in [9.17, 15) is 14.4 Å². The Kier molecular flexibility index (Phi) is 8.86. The lowest BCUT2D eigenvalue weighted by Crippen LogP contribution is -2.35. The first-order valence-electron chi connectivity index (χ1n) is 13.5. The van der Waals surface area contributed by atoms with Gasteiger partial charge < -0.3 is 20.1 Å². The minimum Gasteiger partial charge on any atom is -0.481 e. The fraction of sp³-hybridized carbons (Fsp3) is 0.345. The van der Waals surface area contributed by atoms with Crippen LogP contribution in [0.2, 0.25) is 5.02 Å². The quantitative estimate of drug-likeness (QED) is 0.223. The lowest BCUT2D eigenvalue weighted by atomic mass is 10.0. The number of aromatic nitrogens is 4. The Labute approximate surface area is 247 Å². The number of hydrogen-bond acceptors (Lipinski definition) is 9. The standard InChI is InChI=1S/C29H32ClN7O5/c1-36-24(14-32-15-26(39)41-2)35-37-16-18(11-23(37)29(36)40)20-5-4-6-21(27(20)30)22-9-7-17(28(34-22)42-3)12-31-13-19-8-10-25(38)33-19/h4-7,9,11,16,19,31-32H,8,10,12-15H2,1-3H3,(H,33,38)/t19-/m0/s1. The molecule has 0 aliphatic carbocycles. The Morgan fingerprint density at radius 1 is 1.14 bits per heavy atom. The van der Waals surface area contributed by atoms with Gasteiger partial charge in [0.2, 0.25) is 11.8 Å². The number of carbonyl (C=O) groups excluding carboxylic acids is 2. The second-order valence-electron chi connectivity index (χ2n) is 9.98. The molecular weight excluding hydrogens is 562 g/mol. The summed E-state index contributed by atoms with van der Waals surface area (Å²) in [5, 5.41) is 14.3. The van der Waals surface area contributed by atoms with Crippen molar-refractivity contribution in [3.63, 3.8) is 0 Å². The summed E-state index contributed by atoms with van der Waals surface area (Å²) in [6, 6.07) is 11.4. The number of ether oxygens (including phenoxy) is 2. The van der Waals surface area contributed by atoms with Crippen LogP contribution in [0.15, 0.2) is 47.4 Å². The third kappa shape index (κ3) is 6.15. The number of nitrogens with zero attached hydrogens (tertiary/aromatic N) is 4. The van der Waals surface area contributed by atoms with Crippen molar-refractivity contribution >= 4 is 29.0 Å². The summed E-state index contributed by atoms with van der Waals surface area (Å²) in [5.41, 5.74) is 3.83. The topological polar surface area (TPSA) is 141 Å². The highest BCUT2D eigenvalue weighted by Crippen LogP contribution is 2.37. The number of rotatable bonds is 11. The highest BCUT2D eigenvalue weighted by molar-refractivity contribution is 6.36. The number of esters is 1. The molecule has 220 valence electrons.